The molecule has 0 atom stereocenters. The lowest BCUT2D eigenvalue weighted by Gasteiger charge is -2.22. The fraction of sp³-hybridized carbons (Fsp3) is 0.500. The number of nitrogens with zero attached hydrogens (tertiary/aromatic N) is 3. The van der Waals surface area contributed by atoms with Crippen molar-refractivity contribution in [1.82, 2.24) is 14.7 Å². The van der Waals surface area contributed by atoms with Crippen molar-refractivity contribution < 1.29 is 9.53 Å². The standard InChI is InChI=1S/C20H28N4O2/c1-5-24-15(3)20(14(2)22-24)21-19(25)13-23(17-10-11-17)12-16-8-6-7-9-18(16)26-4/h6-9,17H,5,10-13H2,1-4H3,(H,21,25). The van der Waals surface area contributed by atoms with E-state index in [-0.39, 0.29) is 5.91 Å². The molecular weight excluding hydrogens is 328 g/mol. The van der Waals surface area contributed by atoms with E-state index in [0.29, 0.717) is 19.1 Å². The molecule has 0 saturated heterocycles. The summed E-state index contributed by atoms with van der Waals surface area (Å²) in [6.45, 7) is 7.86. The smallest absolute Gasteiger partial charge is 0.238 e. The SMILES string of the molecule is CCn1nc(C)c(NC(=O)CN(Cc2ccccc2OC)C2CC2)c1C. The first-order valence-corrected chi connectivity index (χ1v) is 9.23. The summed E-state index contributed by atoms with van der Waals surface area (Å²) in [5.41, 5.74) is 3.81. The first-order valence-electron chi connectivity index (χ1n) is 9.23. The van der Waals surface area contributed by atoms with E-state index >= 15 is 0 Å². The molecule has 1 aliphatic rings. The summed E-state index contributed by atoms with van der Waals surface area (Å²) < 4.78 is 7.37. The number of nitrogens with one attached hydrogen (secondary N) is 1. The Kier molecular flexibility index (Phi) is 5.61. The van der Waals surface area contributed by atoms with Crippen molar-refractivity contribution in [3.8, 4) is 5.75 Å². The van der Waals surface area contributed by atoms with Crippen LogP contribution < -0.4 is 10.1 Å². The number of amides is 1. The first kappa shape index (κ1) is 18.5. The first-order chi connectivity index (χ1) is 12.5. The lowest BCUT2D eigenvalue weighted by molar-refractivity contribution is -0.117. The lowest BCUT2D eigenvalue weighted by Crippen LogP contribution is -2.34. The van der Waals surface area contributed by atoms with Gasteiger partial charge in [0.05, 0.1) is 30.7 Å². The van der Waals surface area contributed by atoms with E-state index in [4.69, 9.17) is 4.74 Å². The summed E-state index contributed by atoms with van der Waals surface area (Å²) in [6.07, 6.45) is 2.29. The predicted molar refractivity (Wildman–Crippen MR) is 102 cm³/mol. The Morgan fingerprint density at radius 1 is 1.35 bits per heavy atom. The Balaban J connectivity index is 1.69. The van der Waals surface area contributed by atoms with Crippen LogP contribution in [0.2, 0.25) is 0 Å². The van der Waals surface area contributed by atoms with E-state index in [1.165, 1.54) is 0 Å². The number of hydrogen-bond acceptors (Lipinski definition) is 4. The Labute approximate surface area is 155 Å². The van der Waals surface area contributed by atoms with Gasteiger partial charge in [0, 0.05) is 24.7 Å². The molecule has 0 bridgehead atoms. The quantitative estimate of drug-likeness (QED) is 0.789. The second-order valence-electron chi connectivity index (χ2n) is 6.86. The summed E-state index contributed by atoms with van der Waals surface area (Å²) in [7, 11) is 1.68. The molecule has 1 N–H and O–H groups in total. The molecule has 26 heavy (non-hydrogen) atoms. The van der Waals surface area contributed by atoms with Gasteiger partial charge in [0.25, 0.3) is 0 Å². The average Bonchev–Trinajstić information content (AvgIpc) is 3.44. The molecule has 1 aromatic carbocycles. The lowest BCUT2D eigenvalue weighted by atomic mass is 10.2. The molecule has 140 valence electrons. The maximum atomic E-state index is 12.7. The van der Waals surface area contributed by atoms with Crippen LogP contribution >= 0.6 is 0 Å². The molecule has 1 aromatic heterocycles. The van der Waals surface area contributed by atoms with E-state index in [1.54, 1.807) is 7.11 Å². The highest BCUT2D eigenvalue weighted by atomic mass is 16.5. The molecule has 2 aromatic rings. The third-order valence-corrected chi connectivity index (χ3v) is 4.92. The van der Waals surface area contributed by atoms with Crippen molar-refractivity contribution in [1.29, 1.82) is 0 Å². The van der Waals surface area contributed by atoms with Crippen LogP contribution in [0.4, 0.5) is 5.69 Å². The van der Waals surface area contributed by atoms with Gasteiger partial charge in [-0.15, -0.1) is 0 Å². The van der Waals surface area contributed by atoms with Crippen LogP contribution in [-0.4, -0.2) is 40.3 Å². The van der Waals surface area contributed by atoms with E-state index in [9.17, 15) is 4.79 Å². The van der Waals surface area contributed by atoms with Gasteiger partial charge in [-0.3, -0.25) is 14.4 Å². The molecule has 6 nitrogen and oxygen atoms in total. The van der Waals surface area contributed by atoms with Crippen molar-refractivity contribution in [3.63, 3.8) is 0 Å². The highest BCUT2D eigenvalue weighted by Crippen LogP contribution is 2.30. The molecule has 1 heterocycles. The Morgan fingerprint density at radius 3 is 2.69 bits per heavy atom. The summed E-state index contributed by atoms with van der Waals surface area (Å²) in [6, 6.07) is 8.48. The predicted octanol–water partition coefficient (Wildman–Crippen LogP) is 3.13. The minimum Gasteiger partial charge on any atom is -0.496 e. The van der Waals surface area contributed by atoms with E-state index < -0.39 is 0 Å². The van der Waals surface area contributed by atoms with Crippen molar-refractivity contribution in [2.45, 2.75) is 52.7 Å². The van der Waals surface area contributed by atoms with Crippen LogP contribution in [0.1, 0.15) is 36.7 Å². The summed E-state index contributed by atoms with van der Waals surface area (Å²) in [5, 5.41) is 7.54. The normalized spacial score (nSPS) is 13.9. The van der Waals surface area contributed by atoms with Crippen LogP contribution in [0.3, 0.4) is 0 Å². The van der Waals surface area contributed by atoms with Gasteiger partial charge in [-0.2, -0.15) is 5.10 Å². The highest BCUT2D eigenvalue weighted by Gasteiger charge is 2.31. The molecule has 0 aliphatic heterocycles. The molecule has 1 amide bonds. The minimum absolute atomic E-state index is 0.00801. The third-order valence-electron chi connectivity index (χ3n) is 4.92. The summed E-state index contributed by atoms with van der Waals surface area (Å²) in [5.74, 6) is 0.878. The average molecular weight is 356 g/mol. The number of hydrogen-bond donors (Lipinski definition) is 1. The van der Waals surface area contributed by atoms with Crippen molar-refractivity contribution in [3.05, 3.63) is 41.2 Å². The number of carbonyl (C=O) groups excluding carboxylic acids is 1. The van der Waals surface area contributed by atoms with Crippen LogP contribution in [0.5, 0.6) is 5.75 Å². The number of methoxy groups -OCH3 is 1. The monoisotopic (exact) mass is 356 g/mol. The Morgan fingerprint density at radius 2 is 2.08 bits per heavy atom. The largest absolute Gasteiger partial charge is 0.496 e. The summed E-state index contributed by atoms with van der Waals surface area (Å²) in [4.78, 5) is 14.9. The van der Waals surface area contributed by atoms with E-state index in [1.807, 2.05) is 43.7 Å². The Hall–Kier alpha value is -2.34. The van der Waals surface area contributed by atoms with E-state index in [2.05, 4.69) is 21.4 Å². The third kappa shape index (κ3) is 4.07. The second-order valence-corrected chi connectivity index (χ2v) is 6.86. The molecule has 6 heteroatoms. The van der Waals surface area contributed by atoms with Crippen LogP contribution in [0.25, 0.3) is 0 Å². The number of ether oxygens (including phenoxy) is 1. The highest BCUT2D eigenvalue weighted by molar-refractivity contribution is 5.93. The zero-order valence-electron chi connectivity index (χ0n) is 16.1. The number of aromatic nitrogens is 2. The van der Waals surface area contributed by atoms with Gasteiger partial charge in [0.2, 0.25) is 5.91 Å². The zero-order chi connectivity index (χ0) is 18.7. The van der Waals surface area contributed by atoms with Gasteiger partial charge in [-0.25, -0.2) is 0 Å². The molecule has 0 spiro atoms. The molecule has 0 unspecified atom stereocenters. The van der Waals surface area contributed by atoms with Gasteiger partial charge in [0.15, 0.2) is 0 Å². The van der Waals surface area contributed by atoms with Gasteiger partial charge >= 0.3 is 0 Å². The minimum atomic E-state index is 0.00801. The number of carbonyl (C=O) groups is 1. The zero-order valence-corrected chi connectivity index (χ0v) is 16.1. The summed E-state index contributed by atoms with van der Waals surface area (Å²) >= 11 is 0. The fourth-order valence-electron chi connectivity index (χ4n) is 3.36. The van der Waals surface area contributed by atoms with Crippen LogP contribution in [-0.2, 0) is 17.9 Å². The van der Waals surface area contributed by atoms with Gasteiger partial charge < -0.3 is 10.1 Å². The number of benzene rings is 1. The maximum absolute atomic E-state index is 12.7. The number of anilines is 1. The molecule has 3 rings (SSSR count). The molecule has 1 aliphatic carbocycles. The van der Waals surface area contributed by atoms with Gasteiger partial charge in [0.1, 0.15) is 5.75 Å². The number of para-hydroxylation sites is 1. The van der Waals surface area contributed by atoms with Crippen molar-refractivity contribution >= 4 is 11.6 Å². The topological polar surface area (TPSA) is 59.4 Å². The van der Waals surface area contributed by atoms with Gasteiger partial charge in [-0.1, -0.05) is 18.2 Å². The van der Waals surface area contributed by atoms with Crippen molar-refractivity contribution in [2.75, 3.05) is 19.0 Å². The molecule has 0 radical (unpaired) electrons. The molecule has 1 saturated carbocycles. The van der Waals surface area contributed by atoms with Crippen LogP contribution in [0, 0.1) is 13.8 Å². The van der Waals surface area contributed by atoms with Crippen LogP contribution in [0.15, 0.2) is 24.3 Å². The second kappa shape index (κ2) is 7.91. The Bertz CT molecular complexity index is 780. The molecular formula is C20H28N4O2. The van der Waals surface area contributed by atoms with Gasteiger partial charge in [-0.05, 0) is 39.7 Å². The number of aryl methyl sites for hydroxylation is 2. The van der Waals surface area contributed by atoms with E-state index in [0.717, 1.165) is 47.8 Å². The molecule has 1 fully saturated rings. The number of rotatable bonds is 8. The fourth-order valence-corrected chi connectivity index (χ4v) is 3.36. The maximum Gasteiger partial charge on any atom is 0.238 e. The van der Waals surface area contributed by atoms with Crippen molar-refractivity contribution in [2.24, 2.45) is 0 Å².